The van der Waals surface area contributed by atoms with Gasteiger partial charge in [-0.1, -0.05) is 27.4 Å². The Morgan fingerprint density at radius 2 is 2.06 bits per heavy atom. The third kappa shape index (κ3) is 1.48. The molecule has 0 spiro atoms. The topological polar surface area (TPSA) is 43.4 Å². The van der Waals surface area contributed by atoms with Gasteiger partial charge in [-0.25, -0.2) is 4.79 Å². The number of hydrogen-bond donors (Lipinski definition) is 0. The molecule has 2 bridgehead atoms. The van der Waals surface area contributed by atoms with Crippen LogP contribution in [0.4, 0.5) is 0 Å². The molecule has 3 atom stereocenters. The van der Waals surface area contributed by atoms with Crippen molar-refractivity contribution in [3.63, 3.8) is 0 Å². The van der Waals surface area contributed by atoms with Gasteiger partial charge in [-0.15, -0.1) is 0 Å². The molecule has 1 unspecified atom stereocenters. The first-order valence-corrected chi connectivity index (χ1v) is 6.18. The molecule has 0 amide bonds. The van der Waals surface area contributed by atoms with Crippen LogP contribution in [0.25, 0.3) is 0 Å². The van der Waals surface area contributed by atoms with E-state index in [-0.39, 0.29) is 23.2 Å². The normalized spacial score (nSPS) is 37.8. The number of hydrogen-bond acceptors (Lipinski definition) is 3. The predicted octanol–water partition coefficient (Wildman–Crippen LogP) is 2.70. The quantitative estimate of drug-likeness (QED) is 0.327. The zero-order chi connectivity index (χ0) is 12.8. The second-order valence-corrected chi connectivity index (χ2v) is 6.19. The van der Waals surface area contributed by atoms with Crippen molar-refractivity contribution < 1.29 is 14.3 Å². The highest BCUT2D eigenvalue weighted by Gasteiger charge is 2.62. The lowest BCUT2D eigenvalue weighted by atomic mass is 9.65. The van der Waals surface area contributed by atoms with Crippen molar-refractivity contribution in [2.24, 2.45) is 22.7 Å². The van der Waals surface area contributed by atoms with Crippen molar-refractivity contribution in [1.82, 2.24) is 0 Å². The van der Waals surface area contributed by atoms with E-state index in [4.69, 9.17) is 0 Å². The fourth-order valence-corrected chi connectivity index (χ4v) is 3.99. The summed E-state index contributed by atoms with van der Waals surface area (Å²) in [5.41, 5.74) is 0.813. The maximum atomic E-state index is 11.6. The van der Waals surface area contributed by atoms with Gasteiger partial charge >= 0.3 is 12.4 Å². The van der Waals surface area contributed by atoms with E-state index in [1.165, 1.54) is 6.42 Å². The van der Waals surface area contributed by atoms with Crippen LogP contribution in [0.3, 0.4) is 0 Å². The summed E-state index contributed by atoms with van der Waals surface area (Å²) in [4.78, 5) is 21.8. The summed E-state index contributed by atoms with van der Waals surface area (Å²) in [6, 6.07) is 0. The van der Waals surface area contributed by atoms with Crippen molar-refractivity contribution >= 4 is 12.4 Å². The van der Waals surface area contributed by atoms with Crippen LogP contribution in [-0.4, -0.2) is 12.4 Å². The molecule has 0 heterocycles. The van der Waals surface area contributed by atoms with Crippen molar-refractivity contribution in [3.8, 4) is 0 Å². The molecule has 3 heteroatoms. The summed E-state index contributed by atoms with van der Waals surface area (Å²) >= 11 is 0. The molecule has 2 rings (SSSR count). The van der Waals surface area contributed by atoms with E-state index in [1.807, 2.05) is 0 Å². The average molecular weight is 236 g/mol. The first-order valence-electron chi connectivity index (χ1n) is 6.18. The summed E-state index contributed by atoms with van der Waals surface area (Å²) in [7, 11) is 0. The van der Waals surface area contributed by atoms with Gasteiger partial charge in [-0.05, 0) is 41.9 Å². The van der Waals surface area contributed by atoms with Crippen LogP contribution < -0.4 is 0 Å². The van der Waals surface area contributed by atoms with Gasteiger partial charge in [0, 0.05) is 5.57 Å². The Morgan fingerprint density at radius 1 is 1.41 bits per heavy atom. The maximum absolute atomic E-state index is 11.6. The fourth-order valence-electron chi connectivity index (χ4n) is 3.99. The van der Waals surface area contributed by atoms with Gasteiger partial charge in [-0.3, -0.25) is 4.79 Å². The van der Waals surface area contributed by atoms with Crippen LogP contribution in [0.2, 0.25) is 0 Å². The Morgan fingerprint density at radius 3 is 2.47 bits per heavy atom. The summed E-state index contributed by atoms with van der Waals surface area (Å²) in [5.74, 6) is 0.247. The average Bonchev–Trinajstić information content (AvgIpc) is 2.60. The molecule has 0 aromatic heterocycles. The third-order valence-corrected chi connectivity index (χ3v) is 5.63. The first kappa shape index (κ1) is 12.3. The van der Waals surface area contributed by atoms with Gasteiger partial charge in [0.05, 0.1) is 0 Å². The van der Waals surface area contributed by atoms with Crippen molar-refractivity contribution in [3.05, 3.63) is 12.2 Å². The second-order valence-electron chi connectivity index (χ2n) is 6.19. The highest BCUT2D eigenvalue weighted by atomic mass is 16.6. The van der Waals surface area contributed by atoms with Crippen LogP contribution in [0, 0.1) is 22.7 Å². The lowest BCUT2D eigenvalue weighted by molar-refractivity contribution is -0.148. The van der Waals surface area contributed by atoms with Gasteiger partial charge in [-0.2, -0.15) is 0 Å². The zero-order valence-electron chi connectivity index (χ0n) is 10.8. The molecule has 2 aliphatic carbocycles. The minimum atomic E-state index is -0.561. The smallest absolute Gasteiger partial charge is 0.341 e. The monoisotopic (exact) mass is 236 g/mol. The molecule has 3 nitrogen and oxygen atoms in total. The van der Waals surface area contributed by atoms with E-state index in [2.05, 4.69) is 32.1 Å². The maximum Gasteiger partial charge on any atom is 0.341 e. The minimum Gasteiger partial charge on any atom is -0.392 e. The molecule has 0 aromatic carbocycles. The Bertz CT molecular complexity index is 383. The molecule has 17 heavy (non-hydrogen) atoms. The number of carbonyl (C=O) groups excluding carboxylic acids is 2. The Balaban J connectivity index is 2.23. The molecule has 2 saturated carbocycles. The summed E-state index contributed by atoms with van der Waals surface area (Å²) in [6.07, 6.45) is 3.36. The van der Waals surface area contributed by atoms with E-state index in [1.54, 1.807) is 0 Å². The van der Waals surface area contributed by atoms with E-state index >= 15 is 0 Å². The third-order valence-electron chi connectivity index (χ3n) is 5.63. The number of fused-ring (bicyclic) bond motifs is 2. The van der Waals surface area contributed by atoms with Crippen LogP contribution in [0.5, 0.6) is 0 Å². The molecular weight excluding hydrogens is 216 g/mol. The number of esters is 1. The molecule has 0 aromatic rings. The largest absolute Gasteiger partial charge is 0.392 e. The molecular formula is C14H20O3. The van der Waals surface area contributed by atoms with E-state index in [0.29, 0.717) is 11.5 Å². The van der Waals surface area contributed by atoms with Crippen LogP contribution in [-0.2, 0) is 14.3 Å². The number of rotatable bonds is 3. The van der Waals surface area contributed by atoms with Crippen molar-refractivity contribution in [2.45, 2.75) is 40.0 Å². The summed E-state index contributed by atoms with van der Waals surface area (Å²) in [5, 5.41) is 0. The molecule has 0 aliphatic heterocycles. The second kappa shape index (κ2) is 3.69. The lowest BCUT2D eigenvalue weighted by Crippen LogP contribution is -2.34. The first-order chi connectivity index (χ1) is 7.84. The van der Waals surface area contributed by atoms with Crippen molar-refractivity contribution in [1.29, 1.82) is 0 Å². The van der Waals surface area contributed by atoms with Gasteiger partial charge in [0.1, 0.15) is 0 Å². The number of ether oxygens (including phenoxy) is 1. The number of carbonyl (C=O) groups is 2. The lowest BCUT2D eigenvalue weighted by Gasteiger charge is -2.39. The van der Waals surface area contributed by atoms with Crippen LogP contribution in [0.15, 0.2) is 12.2 Å². The Kier molecular flexibility index (Phi) is 2.68. The Labute approximate surface area is 102 Å². The Hall–Kier alpha value is -1.12. The molecule has 0 radical (unpaired) electrons. The molecule has 0 N–H and O–H groups in total. The van der Waals surface area contributed by atoms with E-state index in [9.17, 15) is 9.59 Å². The van der Waals surface area contributed by atoms with Crippen LogP contribution >= 0.6 is 0 Å². The highest BCUT2D eigenvalue weighted by molar-refractivity contribution is 5.92. The summed E-state index contributed by atoms with van der Waals surface area (Å²) in [6.45, 7) is 10.8. The molecule has 2 aliphatic rings. The SMILES string of the molecule is C=C(C(=O)OC=O)C1C[C@H]2CC[C@@]1(C)C2(C)C. The summed E-state index contributed by atoms with van der Waals surface area (Å²) < 4.78 is 4.42. The van der Waals surface area contributed by atoms with Crippen LogP contribution in [0.1, 0.15) is 40.0 Å². The standard InChI is InChI=1S/C14H20O3/c1-9(12(16)17-8-15)11-7-10-5-6-14(11,4)13(10,2)3/h8,10-11H,1,5-7H2,2-4H3/t10-,11?,14-/m1/s1. The van der Waals surface area contributed by atoms with Gasteiger partial charge < -0.3 is 4.74 Å². The van der Waals surface area contributed by atoms with Gasteiger partial charge in [0.2, 0.25) is 0 Å². The zero-order valence-corrected chi connectivity index (χ0v) is 10.8. The molecule has 2 fully saturated rings. The highest BCUT2D eigenvalue weighted by Crippen LogP contribution is 2.69. The van der Waals surface area contributed by atoms with E-state index in [0.717, 1.165) is 12.8 Å². The van der Waals surface area contributed by atoms with Gasteiger partial charge in [0.25, 0.3) is 0 Å². The van der Waals surface area contributed by atoms with E-state index < -0.39 is 5.97 Å². The van der Waals surface area contributed by atoms with Crippen molar-refractivity contribution in [2.75, 3.05) is 0 Å². The molecule has 0 saturated heterocycles. The minimum absolute atomic E-state index is 0.108. The predicted molar refractivity (Wildman–Crippen MR) is 64.0 cm³/mol. The van der Waals surface area contributed by atoms with Gasteiger partial charge in [0.15, 0.2) is 0 Å². The molecule has 94 valence electrons. The fraction of sp³-hybridized carbons (Fsp3) is 0.714.